The molecule has 1 fully saturated rings. The van der Waals surface area contributed by atoms with Crippen LogP contribution in [-0.2, 0) is 16.0 Å². The van der Waals surface area contributed by atoms with Crippen molar-refractivity contribution in [2.24, 2.45) is 5.92 Å². The fraction of sp³-hybridized carbons (Fsp3) is 0.355. The Morgan fingerprint density at radius 3 is 2.60 bits per heavy atom. The van der Waals surface area contributed by atoms with Gasteiger partial charge in [0.2, 0.25) is 0 Å². The molecule has 3 heterocycles. The lowest BCUT2D eigenvalue weighted by Gasteiger charge is -2.36. The van der Waals surface area contributed by atoms with Gasteiger partial charge in [-0.15, -0.1) is 11.3 Å². The van der Waals surface area contributed by atoms with Crippen molar-refractivity contribution in [2.75, 3.05) is 18.0 Å². The van der Waals surface area contributed by atoms with Crippen LogP contribution < -0.4 is 4.90 Å². The molecule has 0 radical (unpaired) electrons. The van der Waals surface area contributed by atoms with Gasteiger partial charge in [0, 0.05) is 42.0 Å². The number of Topliss-reactive ketones (excluding diaryl/α,β-unsaturated/α-hetero) is 1. The van der Waals surface area contributed by atoms with E-state index >= 15 is 0 Å². The molecule has 4 aromatic rings. The summed E-state index contributed by atoms with van der Waals surface area (Å²) >= 11 is 1.03. The largest absolute Gasteiger partial charge is 0.460 e. The Bertz CT molecular complexity index is 1540. The van der Waals surface area contributed by atoms with Crippen molar-refractivity contribution in [1.29, 1.82) is 0 Å². The summed E-state index contributed by atoms with van der Waals surface area (Å²) in [7, 11) is 0. The van der Waals surface area contributed by atoms with Gasteiger partial charge in [0.15, 0.2) is 5.78 Å². The molecule has 0 amide bonds. The van der Waals surface area contributed by atoms with Crippen LogP contribution in [0.3, 0.4) is 0 Å². The molecule has 6 nitrogen and oxygen atoms in total. The second kappa shape index (κ2) is 11.4. The van der Waals surface area contributed by atoms with E-state index in [-0.39, 0.29) is 40.4 Å². The van der Waals surface area contributed by atoms with E-state index < -0.39 is 17.2 Å². The number of fused-ring (bicyclic) bond motifs is 1. The number of thiazole rings is 1. The van der Waals surface area contributed by atoms with Crippen LogP contribution in [0.4, 0.5) is 14.5 Å². The van der Waals surface area contributed by atoms with Crippen LogP contribution in [0.15, 0.2) is 54.0 Å². The van der Waals surface area contributed by atoms with Crippen molar-refractivity contribution in [3.63, 3.8) is 0 Å². The zero-order valence-electron chi connectivity index (χ0n) is 22.7. The molecule has 0 aliphatic carbocycles. The maximum absolute atomic E-state index is 14.3. The smallest absolute Gasteiger partial charge is 0.306 e. The van der Waals surface area contributed by atoms with Crippen LogP contribution in [0.25, 0.3) is 21.5 Å². The minimum absolute atomic E-state index is 0.0311. The Balaban J connectivity index is 1.42. The number of carbonyl (C=O) groups excluding carboxylic acids is 2. The first-order valence-corrected chi connectivity index (χ1v) is 14.2. The van der Waals surface area contributed by atoms with Crippen LogP contribution >= 0.6 is 11.3 Å². The molecule has 0 unspecified atom stereocenters. The standard InChI is InChI=1S/C31H31F2N3O3S/c1-31(2,3)39-27(38)14-19-8-7-13-36(17-19)29-20(16-34-24-12-5-4-9-21(24)29)15-26(37)25-18-40-30(35-25)28-22(32)10-6-11-23(28)33/h4-6,9-12,16,18-19H,7-8,13-15,17H2,1-3H3/t19-/m1/s1. The number of nitrogens with zero attached hydrogens (tertiary/aromatic N) is 3. The van der Waals surface area contributed by atoms with Gasteiger partial charge in [-0.2, -0.15) is 0 Å². The van der Waals surface area contributed by atoms with Crippen LogP contribution in [-0.4, -0.2) is 40.4 Å². The fourth-order valence-electron chi connectivity index (χ4n) is 5.21. The maximum atomic E-state index is 14.3. The number of hydrogen-bond acceptors (Lipinski definition) is 7. The lowest BCUT2D eigenvalue weighted by Crippen LogP contribution is -2.38. The number of pyridine rings is 1. The van der Waals surface area contributed by atoms with Crippen LogP contribution in [0.5, 0.6) is 0 Å². The first-order chi connectivity index (χ1) is 19.1. The normalized spacial score (nSPS) is 15.8. The summed E-state index contributed by atoms with van der Waals surface area (Å²) in [5, 5.41) is 2.59. The first kappa shape index (κ1) is 27.8. The van der Waals surface area contributed by atoms with Gasteiger partial charge >= 0.3 is 5.97 Å². The highest BCUT2D eigenvalue weighted by Gasteiger charge is 2.28. The van der Waals surface area contributed by atoms with Crippen molar-refractivity contribution in [1.82, 2.24) is 9.97 Å². The van der Waals surface area contributed by atoms with Gasteiger partial charge in [-0.05, 0) is 57.7 Å². The third-order valence-corrected chi connectivity index (χ3v) is 7.71. The molecule has 1 atom stereocenters. The van der Waals surface area contributed by atoms with E-state index in [2.05, 4.69) is 14.9 Å². The molecule has 2 aromatic carbocycles. The average Bonchev–Trinajstić information content (AvgIpc) is 3.37. The maximum Gasteiger partial charge on any atom is 0.306 e. The zero-order valence-corrected chi connectivity index (χ0v) is 23.6. The summed E-state index contributed by atoms with van der Waals surface area (Å²) in [5.41, 5.74) is 1.87. The third-order valence-electron chi connectivity index (χ3n) is 6.85. The van der Waals surface area contributed by atoms with Crippen molar-refractivity contribution < 1.29 is 23.1 Å². The van der Waals surface area contributed by atoms with E-state index in [1.54, 1.807) is 6.20 Å². The molecule has 1 aliphatic heterocycles. The number of carbonyl (C=O) groups is 2. The Kier molecular flexibility index (Phi) is 7.94. The topological polar surface area (TPSA) is 72.4 Å². The summed E-state index contributed by atoms with van der Waals surface area (Å²) in [5.74, 6) is -1.79. The molecule has 2 aromatic heterocycles. The SMILES string of the molecule is CC(C)(C)OC(=O)C[C@H]1CCCN(c2c(CC(=O)c3csc(-c4c(F)cccc4F)n3)cnc3ccccc23)C1. The van der Waals surface area contributed by atoms with E-state index in [4.69, 9.17) is 4.74 Å². The van der Waals surface area contributed by atoms with Gasteiger partial charge in [0.05, 0.1) is 23.2 Å². The number of para-hydroxylation sites is 1. The molecular weight excluding hydrogens is 532 g/mol. The van der Waals surface area contributed by atoms with Crippen LogP contribution in [0.2, 0.25) is 0 Å². The number of esters is 1. The number of rotatable bonds is 7. The monoisotopic (exact) mass is 563 g/mol. The van der Waals surface area contributed by atoms with E-state index in [0.29, 0.717) is 13.0 Å². The Hall–Kier alpha value is -3.72. The number of aromatic nitrogens is 2. The van der Waals surface area contributed by atoms with E-state index in [9.17, 15) is 18.4 Å². The second-order valence-corrected chi connectivity index (χ2v) is 12.0. The van der Waals surface area contributed by atoms with Crippen molar-refractivity contribution in [3.05, 3.63) is 76.9 Å². The number of piperidine rings is 1. The molecule has 0 saturated carbocycles. The molecular formula is C31H31F2N3O3S. The lowest BCUT2D eigenvalue weighted by atomic mass is 9.92. The van der Waals surface area contributed by atoms with Crippen LogP contribution in [0, 0.1) is 17.6 Å². The highest BCUT2D eigenvalue weighted by atomic mass is 32.1. The van der Waals surface area contributed by atoms with Gasteiger partial charge in [-0.3, -0.25) is 14.6 Å². The summed E-state index contributed by atoms with van der Waals surface area (Å²) in [4.78, 5) is 37.1. The van der Waals surface area contributed by atoms with Gasteiger partial charge in [0.1, 0.15) is 27.9 Å². The van der Waals surface area contributed by atoms with E-state index in [0.717, 1.165) is 52.9 Å². The average molecular weight is 564 g/mol. The molecule has 40 heavy (non-hydrogen) atoms. The molecule has 1 aliphatic rings. The van der Waals surface area contributed by atoms with Gasteiger partial charge in [-0.1, -0.05) is 24.3 Å². The summed E-state index contributed by atoms with van der Waals surface area (Å²) < 4.78 is 34.1. The molecule has 5 rings (SSSR count). The number of ketones is 1. The first-order valence-electron chi connectivity index (χ1n) is 13.4. The van der Waals surface area contributed by atoms with Gasteiger partial charge in [0.25, 0.3) is 0 Å². The highest BCUT2D eigenvalue weighted by molar-refractivity contribution is 7.13. The Labute approximate surface area is 236 Å². The zero-order chi connectivity index (χ0) is 28.4. The van der Waals surface area contributed by atoms with Gasteiger partial charge < -0.3 is 9.64 Å². The number of benzene rings is 2. The van der Waals surface area contributed by atoms with Gasteiger partial charge in [-0.25, -0.2) is 13.8 Å². The molecule has 208 valence electrons. The van der Waals surface area contributed by atoms with E-state index in [1.807, 2.05) is 45.0 Å². The van der Waals surface area contributed by atoms with E-state index in [1.165, 1.54) is 23.6 Å². The summed E-state index contributed by atoms with van der Waals surface area (Å²) in [6, 6.07) is 11.4. The fourth-order valence-corrected chi connectivity index (χ4v) is 6.08. The van der Waals surface area contributed by atoms with Crippen molar-refractivity contribution in [3.8, 4) is 10.6 Å². The molecule has 9 heteroatoms. The molecule has 0 N–H and O–H groups in total. The minimum Gasteiger partial charge on any atom is -0.460 e. The predicted molar refractivity (Wildman–Crippen MR) is 153 cm³/mol. The minimum atomic E-state index is -0.722. The number of hydrogen-bond donors (Lipinski definition) is 0. The number of ether oxygens (including phenoxy) is 1. The Morgan fingerprint density at radius 1 is 1.10 bits per heavy atom. The quantitative estimate of drug-likeness (QED) is 0.178. The molecule has 1 saturated heterocycles. The van der Waals surface area contributed by atoms with Crippen molar-refractivity contribution in [2.45, 2.75) is 52.1 Å². The number of halogens is 2. The van der Waals surface area contributed by atoms with Crippen molar-refractivity contribution >= 4 is 39.7 Å². The number of anilines is 1. The Morgan fingerprint density at radius 2 is 1.85 bits per heavy atom. The highest BCUT2D eigenvalue weighted by Crippen LogP contribution is 2.35. The van der Waals surface area contributed by atoms with Crippen LogP contribution in [0.1, 0.15) is 56.1 Å². The summed E-state index contributed by atoms with van der Waals surface area (Å²) in [6.45, 7) is 7.03. The molecule has 0 bridgehead atoms. The summed E-state index contributed by atoms with van der Waals surface area (Å²) in [6.07, 6.45) is 3.90. The predicted octanol–water partition coefficient (Wildman–Crippen LogP) is 7.01. The molecule has 0 spiro atoms. The lowest BCUT2D eigenvalue weighted by molar-refractivity contribution is -0.156. The second-order valence-electron chi connectivity index (χ2n) is 11.1. The third kappa shape index (κ3) is 6.20.